The van der Waals surface area contributed by atoms with Crippen LogP contribution in [0.1, 0.15) is 35.9 Å². The van der Waals surface area contributed by atoms with Crippen LogP contribution in [0.25, 0.3) is 0 Å². The number of aliphatic carboxylic acids is 1. The molecule has 3 unspecified atom stereocenters. The molecule has 0 aliphatic carbocycles. The van der Waals surface area contributed by atoms with Crippen molar-refractivity contribution in [2.24, 2.45) is 0 Å². The first-order valence-corrected chi connectivity index (χ1v) is 9.82. The summed E-state index contributed by atoms with van der Waals surface area (Å²) >= 11 is 1.19. The smallest absolute Gasteiger partial charge is 0.316 e. The minimum atomic E-state index is -0.897. The van der Waals surface area contributed by atoms with Crippen molar-refractivity contribution in [2.45, 2.75) is 36.2 Å². The van der Waals surface area contributed by atoms with E-state index >= 15 is 0 Å². The first-order valence-electron chi connectivity index (χ1n) is 8.94. The molecular weight excluding hydrogens is 362 g/mol. The van der Waals surface area contributed by atoms with Gasteiger partial charge in [-0.05, 0) is 31.5 Å². The van der Waals surface area contributed by atoms with Gasteiger partial charge in [0.05, 0.1) is 18.2 Å². The molecule has 1 heterocycles. The van der Waals surface area contributed by atoms with E-state index in [1.165, 1.54) is 11.8 Å². The van der Waals surface area contributed by atoms with Gasteiger partial charge >= 0.3 is 5.97 Å². The van der Waals surface area contributed by atoms with Crippen molar-refractivity contribution < 1.29 is 19.4 Å². The van der Waals surface area contributed by atoms with E-state index in [0.29, 0.717) is 23.5 Å². The summed E-state index contributed by atoms with van der Waals surface area (Å²) in [7, 11) is 0. The molecule has 1 aliphatic heterocycles. The first kappa shape index (κ1) is 19.5. The number of hydrogen-bond donors (Lipinski definition) is 1. The Balaban J connectivity index is 1.82. The Bertz CT molecular complexity index is 811. The van der Waals surface area contributed by atoms with Gasteiger partial charge in [-0.3, -0.25) is 9.59 Å². The lowest BCUT2D eigenvalue weighted by Crippen LogP contribution is -2.46. The number of carbonyl (C=O) groups excluding carboxylic acids is 1. The Kier molecular flexibility index (Phi) is 6.19. The molecule has 5 nitrogen and oxygen atoms in total. The monoisotopic (exact) mass is 385 g/mol. The van der Waals surface area contributed by atoms with Gasteiger partial charge in [-0.1, -0.05) is 42.5 Å². The third-order valence-corrected chi connectivity index (χ3v) is 5.65. The molecule has 1 fully saturated rings. The number of rotatable bonds is 5. The van der Waals surface area contributed by atoms with E-state index in [1.54, 1.807) is 30.0 Å². The predicted molar refractivity (Wildman–Crippen MR) is 105 cm³/mol. The Labute approximate surface area is 163 Å². The number of hydrogen-bond acceptors (Lipinski definition) is 4. The molecule has 0 radical (unpaired) electrons. The number of morpholine rings is 1. The number of carboxylic acids is 1. The fourth-order valence-corrected chi connectivity index (χ4v) is 4.05. The lowest BCUT2D eigenvalue weighted by atomic mass is 10.1. The number of carboxylic acid groups (broad SMARTS) is 1. The number of benzene rings is 2. The summed E-state index contributed by atoms with van der Waals surface area (Å²) < 4.78 is 6.04. The summed E-state index contributed by atoms with van der Waals surface area (Å²) in [5, 5.41) is 8.56. The topological polar surface area (TPSA) is 66.8 Å². The molecule has 1 aliphatic rings. The van der Waals surface area contributed by atoms with Gasteiger partial charge in [0.15, 0.2) is 0 Å². The number of thioether (sulfide) groups is 1. The molecule has 6 heteroatoms. The lowest BCUT2D eigenvalue weighted by molar-refractivity contribution is -0.136. The minimum absolute atomic E-state index is 0.0781. The summed E-state index contributed by atoms with van der Waals surface area (Å²) in [4.78, 5) is 26.9. The van der Waals surface area contributed by atoms with Crippen LogP contribution in [0.5, 0.6) is 0 Å². The van der Waals surface area contributed by atoms with E-state index in [2.05, 4.69) is 0 Å². The predicted octanol–water partition coefficient (Wildman–Crippen LogP) is 3.85. The average Bonchev–Trinajstić information content (AvgIpc) is 2.68. The lowest BCUT2D eigenvalue weighted by Gasteiger charge is -2.37. The van der Waals surface area contributed by atoms with Crippen LogP contribution < -0.4 is 0 Å². The number of amides is 1. The van der Waals surface area contributed by atoms with Gasteiger partial charge in [-0.2, -0.15) is 0 Å². The number of ether oxygens (including phenoxy) is 1. The van der Waals surface area contributed by atoms with Crippen LogP contribution in [0.4, 0.5) is 0 Å². The van der Waals surface area contributed by atoms with Crippen LogP contribution in [0.2, 0.25) is 0 Å². The molecule has 3 rings (SSSR count). The van der Waals surface area contributed by atoms with Crippen molar-refractivity contribution in [3.05, 3.63) is 65.7 Å². The van der Waals surface area contributed by atoms with Crippen molar-refractivity contribution in [1.82, 2.24) is 4.90 Å². The van der Waals surface area contributed by atoms with E-state index in [-0.39, 0.29) is 18.1 Å². The van der Waals surface area contributed by atoms with Crippen LogP contribution >= 0.6 is 11.8 Å². The molecule has 2 aromatic rings. The molecule has 0 aromatic heterocycles. The molecule has 0 bridgehead atoms. The standard InChI is InChI=1S/C21H23NO4S/c1-14-12-22(13-18(26-14)16-8-4-3-5-9-16)20(23)17-10-6-7-11-19(17)27-15(2)21(24)25/h3-11,14-15,18H,12-13H2,1-2H3,(H,24,25). The van der Waals surface area contributed by atoms with Gasteiger partial charge in [-0.15, -0.1) is 11.8 Å². The highest BCUT2D eigenvalue weighted by atomic mass is 32.2. The van der Waals surface area contributed by atoms with Crippen molar-refractivity contribution in [3.63, 3.8) is 0 Å². The zero-order valence-corrected chi connectivity index (χ0v) is 16.2. The van der Waals surface area contributed by atoms with Gasteiger partial charge < -0.3 is 14.7 Å². The summed E-state index contributed by atoms with van der Waals surface area (Å²) in [5.41, 5.74) is 1.58. The quantitative estimate of drug-likeness (QED) is 0.792. The first-order chi connectivity index (χ1) is 13.0. The van der Waals surface area contributed by atoms with Crippen LogP contribution in [-0.4, -0.2) is 46.3 Å². The van der Waals surface area contributed by atoms with Crippen molar-refractivity contribution in [2.75, 3.05) is 13.1 Å². The zero-order chi connectivity index (χ0) is 19.4. The van der Waals surface area contributed by atoms with E-state index in [4.69, 9.17) is 4.74 Å². The van der Waals surface area contributed by atoms with Gasteiger partial charge in [0.25, 0.3) is 5.91 Å². The maximum Gasteiger partial charge on any atom is 0.316 e. The zero-order valence-electron chi connectivity index (χ0n) is 15.4. The van der Waals surface area contributed by atoms with E-state index < -0.39 is 11.2 Å². The largest absolute Gasteiger partial charge is 0.480 e. The van der Waals surface area contributed by atoms with Gasteiger partial charge in [0.2, 0.25) is 0 Å². The Morgan fingerprint density at radius 3 is 2.48 bits per heavy atom. The summed E-state index contributed by atoms with van der Waals surface area (Å²) in [6.07, 6.45) is -0.248. The third-order valence-electron chi connectivity index (χ3n) is 4.49. The highest BCUT2D eigenvalue weighted by Crippen LogP contribution is 2.30. The Morgan fingerprint density at radius 2 is 1.78 bits per heavy atom. The average molecular weight is 385 g/mol. The van der Waals surface area contributed by atoms with Crippen molar-refractivity contribution >= 4 is 23.6 Å². The van der Waals surface area contributed by atoms with Gasteiger partial charge in [-0.25, -0.2) is 0 Å². The molecule has 3 atom stereocenters. The highest BCUT2D eigenvalue weighted by molar-refractivity contribution is 8.00. The third kappa shape index (κ3) is 4.70. The molecule has 27 heavy (non-hydrogen) atoms. The number of carbonyl (C=O) groups is 2. The highest BCUT2D eigenvalue weighted by Gasteiger charge is 2.31. The summed E-state index contributed by atoms with van der Waals surface area (Å²) in [5.74, 6) is -0.988. The molecule has 1 N–H and O–H groups in total. The van der Waals surface area contributed by atoms with Crippen LogP contribution in [0.15, 0.2) is 59.5 Å². The second-order valence-electron chi connectivity index (χ2n) is 6.65. The van der Waals surface area contributed by atoms with E-state index in [1.807, 2.05) is 43.3 Å². The second kappa shape index (κ2) is 8.59. The molecule has 0 spiro atoms. The van der Waals surface area contributed by atoms with Gasteiger partial charge in [0, 0.05) is 11.4 Å². The number of nitrogens with zero attached hydrogens (tertiary/aromatic N) is 1. The van der Waals surface area contributed by atoms with Gasteiger partial charge in [0.1, 0.15) is 11.4 Å². The fraction of sp³-hybridized carbons (Fsp3) is 0.333. The fourth-order valence-electron chi connectivity index (χ4n) is 3.13. The minimum Gasteiger partial charge on any atom is -0.480 e. The molecular formula is C21H23NO4S. The molecule has 0 saturated carbocycles. The van der Waals surface area contributed by atoms with Crippen LogP contribution in [0, 0.1) is 0 Å². The summed E-state index contributed by atoms with van der Waals surface area (Å²) in [6, 6.07) is 17.1. The normalized spacial score (nSPS) is 20.9. The van der Waals surface area contributed by atoms with E-state index in [9.17, 15) is 14.7 Å². The molecule has 142 valence electrons. The summed E-state index contributed by atoms with van der Waals surface area (Å²) in [6.45, 7) is 4.56. The maximum atomic E-state index is 13.2. The maximum absolute atomic E-state index is 13.2. The van der Waals surface area contributed by atoms with Crippen LogP contribution in [0.3, 0.4) is 0 Å². The Hall–Kier alpha value is -2.31. The molecule has 1 saturated heterocycles. The molecule has 1 amide bonds. The van der Waals surface area contributed by atoms with Crippen molar-refractivity contribution in [3.8, 4) is 0 Å². The van der Waals surface area contributed by atoms with E-state index in [0.717, 1.165) is 5.56 Å². The Morgan fingerprint density at radius 1 is 1.11 bits per heavy atom. The van der Waals surface area contributed by atoms with Crippen molar-refractivity contribution in [1.29, 1.82) is 0 Å². The van der Waals surface area contributed by atoms with Crippen LogP contribution in [-0.2, 0) is 9.53 Å². The second-order valence-corrected chi connectivity index (χ2v) is 8.03. The SMILES string of the molecule is CC1CN(C(=O)c2ccccc2SC(C)C(=O)O)CC(c2ccccc2)O1. The molecule has 2 aromatic carbocycles.